The van der Waals surface area contributed by atoms with Gasteiger partial charge >= 0.3 is 5.97 Å². The highest BCUT2D eigenvalue weighted by Gasteiger charge is 2.17. The predicted octanol–water partition coefficient (Wildman–Crippen LogP) is 3.63. The van der Waals surface area contributed by atoms with E-state index in [1.165, 1.54) is 0 Å². The summed E-state index contributed by atoms with van der Waals surface area (Å²) in [5.74, 6) is -0.0124. The van der Waals surface area contributed by atoms with Crippen LogP contribution in [0.5, 0.6) is 5.75 Å². The van der Waals surface area contributed by atoms with E-state index < -0.39 is 12.0 Å². The average Bonchev–Trinajstić information content (AvgIpc) is 2.65. The summed E-state index contributed by atoms with van der Waals surface area (Å²) in [5, 5.41) is 14.8. The van der Waals surface area contributed by atoms with Crippen molar-refractivity contribution >= 4 is 16.7 Å². The monoisotopic (exact) mass is 335 g/mol. The topological polar surface area (TPSA) is 58.6 Å². The smallest absolute Gasteiger partial charge is 0.321 e. The summed E-state index contributed by atoms with van der Waals surface area (Å²) in [6, 6.07) is 21.1. The Morgan fingerprint density at radius 1 is 1.00 bits per heavy atom. The van der Waals surface area contributed by atoms with Crippen LogP contribution in [0.4, 0.5) is 0 Å². The van der Waals surface area contributed by atoms with Crippen LogP contribution in [0, 0.1) is 0 Å². The van der Waals surface area contributed by atoms with Gasteiger partial charge in [0.25, 0.3) is 0 Å². The lowest BCUT2D eigenvalue weighted by Gasteiger charge is -2.15. The number of nitrogens with one attached hydrogen (secondary N) is 1. The Bertz CT molecular complexity index is 861. The molecule has 25 heavy (non-hydrogen) atoms. The van der Waals surface area contributed by atoms with Gasteiger partial charge in [-0.25, -0.2) is 0 Å². The van der Waals surface area contributed by atoms with E-state index in [1.807, 2.05) is 60.7 Å². The second kappa shape index (κ2) is 7.81. The number of carboxylic acids is 1. The van der Waals surface area contributed by atoms with Gasteiger partial charge in [-0.1, -0.05) is 48.5 Å². The molecule has 3 aromatic carbocycles. The number of methoxy groups -OCH3 is 1. The maximum atomic E-state index is 11.5. The fourth-order valence-electron chi connectivity index (χ4n) is 2.85. The number of hydrogen-bond acceptors (Lipinski definition) is 3. The Morgan fingerprint density at radius 3 is 2.44 bits per heavy atom. The highest BCUT2D eigenvalue weighted by atomic mass is 16.5. The average molecular weight is 335 g/mol. The molecule has 0 aliphatic rings. The van der Waals surface area contributed by atoms with Crippen LogP contribution >= 0.6 is 0 Å². The lowest BCUT2D eigenvalue weighted by molar-refractivity contribution is -0.139. The molecule has 0 aromatic heterocycles. The number of carbonyl (C=O) groups is 1. The largest absolute Gasteiger partial charge is 0.497 e. The molecular formula is C21H21NO3. The van der Waals surface area contributed by atoms with Gasteiger partial charge in [0.15, 0.2) is 0 Å². The van der Waals surface area contributed by atoms with Crippen molar-refractivity contribution in [2.24, 2.45) is 0 Å². The Labute approximate surface area is 147 Å². The van der Waals surface area contributed by atoms with Crippen molar-refractivity contribution in [1.82, 2.24) is 5.32 Å². The van der Waals surface area contributed by atoms with Crippen LogP contribution in [-0.2, 0) is 17.8 Å². The molecule has 0 saturated heterocycles. The number of benzene rings is 3. The number of hydrogen-bond donors (Lipinski definition) is 2. The van der Waals surface area contributed by atoms with E-state index in [2.05, 4.69) is 11.4 Å². The molecule has 3 aromatic rings. The molecule has 128 valence electrons. The number of ether oxygens (including phenoxy) is 1. The summed E-state index contributed by atoms with van der Waals surface area (Å²) in [7, 11) is 1.65. The minimum Gasteiger partial charge on any atom is -0.497 e. The molecule has 0 spiro atoms. The van der Waals surface area contributed by atoms with E-state index in [9.17, 15) is 9.90 Å². The third kappa shape index (κ3) is 4.37. The molecule has 0 heterocycles. The third-order valence-electron chi connectivity index (χ3n) is 4.25. The van der Waals surface area contributed by atoms with Crippen LogP contribution < -0.4 is 10.1 Å². The van der Waals surface area contributed by atoms with Gasteiger partial charge in [0.2, 0.25) is 0 Å². The van der Waals surface area contributed by atoms with E-state index in [0.29, 0.717) is 13.0 Å². The van der Waals surface area contributed by atoms with Gasteiger partial charge in [0, 0.05) is 6.54 Å². The van der Waals surface area contributed by atoms with Gasteiger partial charge in [0.1, 0.15) is 11.8 Å². The summed E-state index contributed by atoms with van der Waals surface area (Å²) in [4.78, 5) is 11.5. The molecule has 0 aliphatic carbocycles. The van der Waals surface area contributed by atoms with Crippen molar-refractivity contribution in [3.63, 3.8) is 0 Å². The molecule has 4 nitrogen and oxygen atoms in total. The Kier molecular flexibility index (Phi) is 5.31. The molecule has 0 amide bonds. The first-order valence-electron chi connectivity index (χ1n) is 8.22. The summed E-state index contributed by atoms with van der Waals surface area (Å²) in [6.07, 6.45) is 0.459. The van der Waals surface area contributed by atoms with Crippen molar-refractivity contribution in [2.75, 3.05) is 7.11 Å². The van der Waals surface area contributed by atoms with Gasteiger partial charge in [-0.3, -0.25) is 4.79 Å². The number of carboxylic acid groups (broad SMARTS) is 1. The number of fused-ring (bicyclic) bond motifs is 1. The van der Waals surface area contributed by atoms with Crippen LogP contribution in [0.1, 0.15) is 11.1 Å². The van der Waals surface area contributed by atoms with Gasteiger partial charge in [0.05, 0.1) is 7.11 Å². The Morgan fingerprint density at radius 2 is 1.72 bits per heavy atom. The highest BCUT2D eigenvalue weighted by Crippen LogP contribution is 2.22. The van der Waals surface area contributed by atoms with Crippen LogP contribution in [0.25, 0.3) is 10.8 Å². The van der Waals surface area contributed by atoms with Crippen molar-refractivity contribution < 1.29 is 14.6 Å². The normalized spacial score (nSPS) is 12.0. The minimum atomic E-state index is -0.839. The van der Waals surface area contributed by atoms with Crippen molar-refractivity contribution in [3.8, 4) is 5.75 Å². The van der Waals surface area contributed by atoms with Crippen molar-refractivity contribution in [2.45, 2.75) is 19.0 Å². The van der Waals surface area contributed by atoms with Crippen LogP contribution in [0.15, 0.2) is 66.7 Å². The minimum absolute atomic E-state index is 0.459. The maximum absolute atomic E-state index is 11.5. The quantitative estimate of drug-likeness (QED) is 0.692. The second-order valence-electron chi connectivity index (χ2n) is 6.01. The van der Waals surface area contributed by atoms with Crippen molar-refractivity contribution in [3.05, 3.63) is 77.9 Å². The zero-order valence-corrected chi connectivity index (χ0v) is 14.1. The fraction of sp³-hybridized carbons (Fsp3) is 0.190. The molecule has 0 saturated carbocycles. The summed E-state index contributed by atoms with van der Waals surface area (Å²) >= 11 is 0. The van der Waals surface area contributed by atoms with Gasteiger partial charge < -0.3 is 15.2 Å². The Balaban J connectivity index is 1.70. The van der Waals surface area contributed by atoms with E-state index in [1.54, 1.807) is 7.11 Å². The summed E-state index contributed by atoms with van der Waals surface area (Å²) in [5.41, 5.74) is 2.06. The van der Waals surface area contributed by atoms with Crippen LogP contribution in [0.3, 0.4) is 0 Å². The summed E-state index contributed by atoms with van der Waals surface area (Å²) < 4.78 is 5.24. The first kappa shape index (κ1) is 17.0. The molecule has 1 atom stereocenters. The fourth-order valence-corrected chi connectivity index (χ4v) is 2.85. The molecule has 0 aliphatic heterocycles. The molecule has 2 N–H and O–H groups in total. The molecular weight excluding hydrogens is 314 g/mol. The van der Waals surface area contributed by atoms with Gasteiger partial charge in [-0.15, -0.1) is 0 Å². The lowest BCUT2D eigenvalue weighted by Crippen LogP contribution is -2.38. The first-order chi connectivity index (χ1) is 12.2. The molecule has 4 heteroatoms. The Hall–Kier alpha value is -2.85. The SMILES string of the molecule is COc1ccc2cc(CN[C@H](Cc3ccccc3)C(=O)O)ccc2c1. The van der Waals surface area contributed by atoms with Gasteiger partial charge in [-0.2, -0.15) is 0 Å². The van der Waals surface area contributed by atoms with Crippen LogP contribution in [-0.4, -0.2) is 24.2 Å². The molecule has 0 bridgehead atoms. The predicted molar refractivity (Wildman–Crippen MR) is 98.9 cm³/mol. The number of rotatable bonds is 7. The standard InChI is InChI=1S/C21H21NO3/c1-25-19-10-9-17-11-16(7-8-18(17)13-19)14-22-20(21(23)24)12-15-5-3-2-4-6-15/h2-11,13,20,22H,12,14H2,1H3,(H,23,24)/t20-/m1/s1. The van der Waals surface area contributed by atoms with Crippen molar-refractivity contribution in [1.29, 1.82) is 0 Å². The van der Waals surface area contributed by atoms with E-state index in [4.69, 9.17) is 4.74 Å². The van der Waals surface area contributed by atoms with E-state index in [0.717, 1.165) is 27.6 Å². The third-order valence-corrected chi connectivity index (χ3v) is 4.25. The van der Waals surface area contributed by atoms with E-state index >= 15 is 0 Å². The zero-order chi connectivity index (χ0) is 17.6. The first-order valence-corrected chi connectivity index (χ1v) is 8.22. The zero-order valence-electron chi connectivity index (χ0n) is 14.1. The highest BCUT2D eigenvalue weighted by molar-refractivity contribution is 5.84. The summed E-state index contributed by atoms with van der Waals surface area (Å²) in [6.45, 7) is 0.506. The lowest BCUT2D eigenvalue weighted by atomic mass is 10.0. The second-order valence-corrected chi connectivity index (χ2v) is 6.01. The molecule has 0 unspecified atom stereocenters. The van der Waals surface area contributed by atoms with E-state index in [-0.39, 0.29) is 0 Å². The number of aliphatic carboxylic acids is 1. The molecule has 0 fully saturated rings. The molecule has 0 radical (unpaired) electrons. The van der Waals surface area contributed by atoms with Crippen LogP contribution in [0.2, 0.25) is 0 Å². The van der Waals surface area contributed by atoms with Gasteiger partial charge in [-0.05, 0) is 46.5 Å². The maximum Gasteiger partial charge on any atom is 0.321 e. The molecule has 3 rings (SSSR count).